The van der Waals surface area contributed by atoms with Gasteiger partial charge < -0.3 is 15.1 Å². The number of phosphoric acid groups is 1. The molecule has 24 heavy (non-hydrogen) atoms. The number of hydrogen-bond acceptors (Lipinski definition) is 5. The number of carbonyl (C=O) groups is 1. The zero-order chi connectivity index (χ0) is 18.1. The van der Waals surface area contributed by atoms with E-state index in [1.165, 1.54) is 19.1 Å². The molecule has 13 heteroatoms. The first-order valence-electron chi connectivity index (χ1n) is 6.19. The molecule has 130 valence electrons. The summed E-state index contributed by atoms with van der Waals surface area (Å²) in [5, 5.41) is 10.8. The van der Waals surface area contributed by atoms with Crippen molar-refractivity contribution in [2.75, 3.05) is 5.32 Å². The number of aromatic nitrogens is 3. The molecular formula is C11H10BrCl2N4O5P. The van der Waals surface area contributed by atoms with E-state index in [-0.39, 0.29) is 15.3 Å². The quantitative estimate of drug-likeness (QED) is 0.585. The van der Waals surface area contributed by atoms with Crippen LogP contribution in [0.5, 0.6) is 0 Å². The molecule has 1 aromatic carbocycles. The number of benzene rings is 1. The van der Waals surface area contributed by atoms with Gasteiger partial charge in [0.15, 0.2) is 16.5 Å². The van der Waals surface area contributed by atoms with Gasteiger partial charge >= 0.3 is 7.82 Å². The van der Waals surface area contributed by atoms with E-state index >= 15 is 0 Å². The summed E-state index contributed by atoms with van der Waals surface area (Å²) < 4.78 is 15.3. The number of nitrogens with one attached hydrogen (secondary N) is 1. The topological polar surface area (TPSA) is 127 Å². The molecule has 1 amide bonds. The van der Waals surface area contributed by atoms with Crippen LogP contribution in [-0.2, 0) is 9.09 Å². The second-order valence-corrected chi connectivity index (χ2v) is 7.22. The van der Waals surface area contributed by atoms with E-state index in [1.54, 1.807) is 6.07 Å². The van der Waals surface area contributed by atoms with Crippen LogP contribution < -0.4 is 5.32 Å². The Bertz CT molecular complexity index is 827. The Morgan fingerprint density at radius 1 is 1.42 bits per heavy atom. The maximum atomic E-state index is 12.3. The number of halogens is 3. The Labute approximate surface area is 154 Å². The van der Waals surface area contributed by atoms with Gasteiger partial charge in [-0.3, -0.25) is 9.32 Å². The minimum absolute atomic E-state index is 0.0613. The summed E-state index contributed by atoms with van der Waals surface area (Å²) in [6.07, 6.45) is -1.19. The van der Waals surface area contributed by atoms with Crippen LogP contribution in [0, 0.1) is 0 Å². The zero-order valence-corrected chi connectivity index (χ0v) is 15.8. The third-order valence-corrected chi connectivity index (χ3v) is 4.26. The van der Waals surface area contributed by atoms with Crippen molar-refractivity contribution < 1.29 is 23.7 Å². The molecule has 0 fully saturated rings. The van der Waals surface area contributed by atoms with Gasteiger partial charge in [0, 0.05) is 5.02 Å². The van der Waals surface area contributed by atoms with E-state index in [0.717, 1.165) is 4.80 Å². The molecule has 2 aromatic rings. The molecular weight excluding hydrogens is 450 g/mol. The molecule has 9 nitrogen and oxygen atoms in total. The maximum absolute atomic E-state index is 12.3. The Morgan fingerprint density at radius 3 is 2.67 bits per heavy atom. The third kappa shape index (κ3) is 5.00. The summed E-state index contributed by atoms with van der Waals surface area (Å²) in [7, 11) is -4.73. The van der Waals surface area contributed by atoms with Crippen LogP contribution in [0.4, 0.5) is 5.69 Å². The number of amides is 1. The molecule has 1 heterocycles. The lowest BCUT2D eigenvalue weighted by molar-refractivity contribution is 0.0762. The molecule has 3 N–H and O–H groups in total. The van der Waals surface area contributed by atoms with Crippen LogP contribution in [0.25, 0.3) is 0 Å². The smallest absolute Gasteiger partial charge is 0.319 e. The van der Waals surface area contributed by atoms with Crippen LogP contribution in [0.2, 0.25) is 10.0 Å². The van der Waals surface area contributed by atoms with Crippen LogP contribution in [-0.4, -0.2) is 30.7 Å². The average molecular weight is 460 g/mol. The van der Waals surface area contributed by atoms with E-state index in [2.05, 4.69) is 36.0 Å². The fourth-order valence-electron chi connectivity index (χ4n) is 1.62. The van der Waals surface area contributed by atoms with Gasteiger partial charge in [-0.05, 0) is 41.1 Å². The van der Waals surface area contributed by atoms with Crippen molar-refractivity contribution in [1.29, 1.82) is 0 Å². The lowest BCUT2D eigenvalue weighted by Gasteiger charge is -2.11. The minimum Gasteiger partial charge on any atom is -0.319 e. The van der Waals surface area contributed by atoms with Crippen molar-refractivity contribution in [1.82, 2.24) is 15.0 Å². The molecule has 0 saturated heterocycles. The van der Waals surface area contributed by atoms with Crippen LogP contribution in [0.1, 0.15) is 23.6 Å². The minimum atomic E-state index is -4.73. The van der Waals surface area contributed by atoms with Crippen molar-refractivity contribution in [3.63, 3.8) is 0 Å². The number of hydrogen-bond donors (Lipinski definition) is 3. The summed E-state index contributed by atoms with van der Waals surface area (Å²) in [4.78, 5) is 30.7. The molecule has 0 spiro atoms. The number of rotatable bonds is 5. The molecule has 1 unspecified atom stereocenters. The number of nitrogens with zero attached hydrogens (tertiary/aromatic N) is 3. The van der Waals surface area contributed by atoms with Crippen LogP contribution in [0.15, 0.2) is 22.8 Å². The highest BCUT2D eigenvalue weighted by molar-refractivity contribution is 9.10. The summed E-state index contributed by atoms with van der Waals surface area (Å²) in [5.74, 6) is -0.638. The van der Waals surface area contributed by atoms with E-state index in [0.29, 0.717) is 10.7 Å². The molecule has 0 saturated carbocycles. The van der Waals surface area contributed by atoms with Crippen molar-refractivity contribution in [2.45, 2.75) is 13.2 Å². The first-order chi connectivity index (χ1) is 11.1. The number of phosphoric ester groups is 1. The first-order valence-corrected chi connectivity index (χ1v) is 9.27. The third-order valence-electron chi connectivity index (χ3n) is 2.60. The molecule has 0 aliphatic rings. The van der Waals surface area contributed by atoms with Gasteiger partial charge in [0.1, 0.15) is 0 Å². The highest BCUT2D eigenvalue weighted by atomic mass is 79.9. The molecule has 1 atom stereocenters. The van der Waals surface area contributed by atoms with E-state index in [9.17, 15) is 9.36 Å². The van der Waals surface area contributed by atoms with Gasteiger partial charge in [-0.2, -0.15) is 4.80 Å². The zero-order valence-electron chi connectivity index (χ0n) is 11.9. The van der Waals surface area contributed by atoms with Gasteiger partial charge in [0.25, 0.3) is 5.91 Å². The van der Waals surface area contributed by atoms with Crippen molar-refractivity contribution in [2.24, 2.45) is 0 Å². The monoisotopic (exact) mass is 458 g/mol. The predicted molar refractivity (Wildman–Crippen MR) is 90.0 cm³/mol. The molecule has 0 aliphatic heterocycles. The predicted octanol–water partition coefficient (Wildman–Crippen LogP) is 3.23. The summed E-state index contributed by atoms with van der Waals surface area (Å²) in [6.45, 7) is 1.31. The normalized spacial score (nSPS) is 12.9. The first kappa shape index (κ1) is 19.3. The molecule has 1 aromatic heterocycles. The molecule has 0 radical (unpaired) electrons. The largest absolute Gasteiger partial charge is 0.471 e. The van der Waals surface area contributed by atoms with Gasteiger partial charge in [-0.1, -0.05) is 23.2 Å². The van der Waals surface area contributed by atoms with Crippen LogP contribution in [0.3, 0.4) is 0 Å². The maximum Gasteiger partial charge on any atom is 0.471 e. The fourth-order valence-corrected chi connectivity index (χ4v) is 2.98. The Kier molecular flexibility index (Phi) is 6.03. The molecule has 0 bridgehead atoms. The Balaban J connectivity index is 2.20. The summed E-state index contributed by atoms with van der Waals surface area (Å²) in [6, 6.07) is 4.52. The number of carbonyl (C=O) groups excluding carboxylic acids is 1. The highest BCUT2D eigenvalue weighted by Crippen LogP contribution is 2.40. The lowest BCUT2D eigenvalue weighted by Crippen LogP contribution is -2.16. The van der Waals surface area contributed by atoms with E-state index < -0.39 is 20.0 Å². The van der Waals surface area contributed by atoms with Crippen molar-refractivity contribution in [3.8, 4) is 0 Å². The van der Waals surface area contributed by atoms with Crippen molar-refractivity contribution >= 4 is 58.5 Å². The molecule has 2 rings (SSSR count). The van der Waals surface area contributed by atoms with Gasteiger partial charge in [-0.15, -0.1) is 10.2 Å². The van der Waals surface area contributed by atoms with Gasteiger partial charge in [0.2, 0.25) is 0 Å². The number of anilines is 1. The van der Waals surface area contributed by atoms with Gasteiger partial charge in [-0.25, -0.2) is 4.57 Å². The summed E-state index contributed by atoms with van der Waals surface area (Å²) in [5.41, 5.74) is 0.189. The van der Waals surface area contributed by atoms with Crippen molar-refractivity contribution in [3.05, 3.63) is 38.5 Å². The Hall–Kier alpha value is -1.00. The van der Waals surface area contributed by atoms with E-state index in [4.69, 9.17) is 33.0 Å². The van der Waals surface area contributed by atoms with Gasteiger partial charge in [0.05, 0.1) is 10.7 Å². The highest BCUT2D eigenvalue weighted by Gasteiger charge is 2.25. The second kappa shape index (κ2) is 7.49. The average Bonchev–Trinajstić information content (AvgIpc) is 2.82. The van der Waals surface area contributed by atoms with E-state index in [1.807, 2.05) is 0 Å². The fraction of sp³-hybridized carbons (Fsp3) is 0.182. The Morgan fingerprint density at radius 2 is 2.08 bits per heavy atom. The standard InChI is InChI=1S/C11H10BrCl2N4O5P/c1-5(23-24(20,21)22)18-16-9(10(12)17-18)11(19)15-8-3-2-6(13)4-7(8)14/h2-5H,1H3,(H,15,19)(H2,20,21,22). The van der Waals surface area contributed by atoms with Crippen LogP contribution >= 0.6 is 47.0 Å². The second-order valence-electron chi connectivity index (χ2n) is 4.43. The molecule has 0 aliphatic carbocycles. The summed E-state index contributed by atoms with van der Waals surface area (Å²) >= 11 is 14.8. The SMILES string of the molecule is CC(OP(=O)(O)O)n1nc(Br)c(C(=O)Nc2ccc(Cl)cc2Cl)n1. The lowest BCUT2D eigenvalue weighted by atomic mass is 10.3.